The average Bonchev–Trinajstić information content (AvgIpc) is 2.90. The molecule has 0 fully saturated rings. The summed E-state index contributed by atoms with van der Waals surface area (Å²) in [7, 11) is 2.30. The van der Waals surface area contributed by atoms with Gasteiger partial charge in [0.15, 0.2) is 11.5 Å². The van der Waals surface area contributed by atoms with Crippen LogP contribution in [0.5, 0.6) is 17.2 Å². The van der Waals surface area contributed by atoms with E-state index in [9.17, 15) is 22.8 Å². The molecule has 0 saturated heterocycles. The summed E-state index contributed by atoms with van der Waals surface area (Å²) in [6.45, 7) is 0. The fraction of sp³-hybridized carbons (Fsp3) is 0.167. The van der Waals surface area contributed by atoms with Crippen molar-refractivity contribution in [3.05, 3.63) is 71.9 Å². The van der Waals surface area contributed by atoms with Crippen LogP contribution in [0.25, 0.3) is 0 Å². The van der Waals surface area contributed by atoms with Crippen LogP contribution in [-0.2, 0) is 9.59 Å². The number of ether oxygens (including phenoxy) is 3. The number of rotatable bonds is 10. The number of nitrogens with two attached hydrogens (primary N) is 1. The molecule has 11 nitrogen and oxygen atoms in total. The number of benzene rings is 2. The molecule has 2 aromatic carbocycles. The van der Waals surface area contributed by atoms with Gasteiger partial charge in [-0.3, -0.25) is 21.1 Å². The van der Waals surface area contributed by atoms with Crippen molar-refractivity contribution in [1.29, 1.82) is 5.41 Å². The van der Waals surface area contributed by atoms with Gasteiger partial charge >= 0.3 is 12.1 Å². The number of hydrogen-bond donors (Lipinski definition) is 5. The van der Waals surface area contributed by atoms with Crippen LogP contribution < -0.4 is 36.1 Å². The standard InChI is InChI=1S/C24H23F3N6O5/c1-36-16-11-14(12-17(37-2)20(16)38-23(35)24(25,26)27)19(22(34)33-32-18-5-3-4-10-30-18)31-15-8-6-13(7-9-15)21(28)29/h3-12,19,31H,1-2H3,(H3,28,29)(H,30,32)(H,33,34). The van der Waals surface area contributed by atoms with Gasteiger partial charge in [0.05, 0.1) is 14.2 Å². The Hall–Kier alpha value is -5.01. The van der Waals surface area contributed by atoms with Crippen LogP contribution in [0.15, 0.2) is 60.8 Å². The number of nitrogens with one attached hydrogen (secondary N) is 4. The van der Waals surface area contributed by atoms with Gasteiger partial charge in [-0.05, 0) is 54.1 Å². The number of halogens is 3. The molecule has 3 rings (SSSR count). The highest BCUT2D eigenvalue weighted by Gasteiger charge is 2.42. The highest BCUT2D eigenvalue weighted by Crippen LogP contribution is 2.41. The molecule has 1 heterocycles. The Morgan fingerprint density at radius 3 is 2.16 bits per heavy atom. The van der Waals surface area contributed by atoms with Crippen molar-refractivity contribution in [1.82, 2.24) is 10.4 Å². The van der Waals surface area contributed by atoms with Crippen LogP contribution >= 0.6 is 0 Å². The van der Waals surface area contributed by atoms with Crippen molar-refractivity contribution >= 4 is 29.2 Å². The molecule has 0 saturated carbocycles. The van der Waals surface area contributed by atoms with E-state index >= 15 is 0 Å². The number of nitrogen functional groups attached to an aromatic ring is 1. The number of carbonyl (C=O) groups excluding carboxylic acids is 2. The van der Waals surface area contributed by atoms with Crippen molar-refractivity contribution in [3.8, 4) is 17.2 Å². The van der Waals surface area contributed by atoms with E-state index in [0.29, 0.717) is 17.1 Å². The van der Waals surface area contributed by atoms with Gasteiger partial charge in [-0.15, -0.1) is 0 Å². The van der Waals surface area contributed by atoms with Crippen molar-refractivity contribution in [2.24, 2.45) is 5.73 Å². The number of methoxy groups -OCH3 is 2. The summed E-state index contributed by atoms with van der Waals surface area (Å²) in [5.41, 5.74) is 11.7. The van der Waals surface area contributed by atoms with Crippen LogP contribution in [-0.4, -0.2) is 43.1 Å². The molecule has 0 aliphatic heterocycles. The number of amidine groups is 1. The molecule has 0 spiro atoms. The van der Waals surface area contributed by atoms with E-state index < -0.39 is 29.8 Å². The predicted octanol–water partition coefficient (Wildman–Crippen LogP) is 3.15. The number of esters is 1. The first kappa shape index (κ1) is 27.6. The van der Waals surface area contributed by atoms with Gasteiger partial charge < -0.3 is 25.3 Å². The van der Waals surface area contributed by atoms with E-state index in [1.165, 1.54) is 18.3 Å². The molecule has 0 aliphatic rings. The van der Waals surface area contributed by atoms with Crippen molar-refractivity contribution in [3.63, 3.8) is 0 Å². The van der Waals surface area contributed by atoms with Gasteiger partial charge in [-0.1, -0.05) is 6.07 Å². The van der Waals surface area contributed by atoms with E-state index in [-0.39, 0.29) is 22.9 Å². The van der Waals surface area contributed by atoms with E-state index in [2.05, 4.69) is 25.9 Å². The summed E-state index contributed by atoms with van der Waals surface area (Å²) >= 11 is 0. The summed E-state index contributed by atoms with van der Waals surface area (Å²) in [5.74, 6) is -4.10. The Bertz CT molecular complexity index is 1280. The monoisotopic (exact) mass is 532 g/mol. The number of alkyl halides is 3. The number of hydrogen-bond acceptors (Lipinski definition) is 9. The third kappa shape index (κ3) is 6.81. The maximum atomic E-state index is 13.3. The molecule has 38 heavy (non-hydrogen) atoms. The molecular formula is C24H23F3N6O5. The number of carbonyl (C=O) groups is 2. The second-order valence-corrected chi connectivity index (χ2v) is 7.54. The normalized spacial score (nSPS) is 11.6. The first-order valence-corrected chi connectivity index (χ1v) is 10.8. The van der Waals surface area contributed by atoms with E-state index in [1.54, 1.807) is 42.5 Å². The van der Waals surface area contributed by atoms with Crippen LogP contribution in [0.4, 0.5) is 24.7 Å². The molecular weight excluding hydrogens is 509 g/mol. The molecule has 1 amide bonds. The third-order valence-electron chi connectivity index (χ3n) is 4.99. The topological polar surface area (TPSA) is 161 Å². The number of hydrazine groups is 1. The fourth-order valence-electron chi connectivity index (χ4n) is 3.17. The minimum Gasteiger partial charge on any atom is -0.493 e. The molecule has 3 aromatic rings. The molecule has 200 valence electrons. The smallest absolute Gasteiger partial charge is 0.491 e. The number of nitrogens with zero attached hydrogens (tertiary/aromatic N) is 1. The number of amides is 1. The molecule has 0 bridgehead atoms. The molecule has 6 N–H and O–H groups in total. The summed E-state index contributed by atoms with van der Waals surface area (Å²) in [6.07, 6.45) is -3.75. The zero-order chi connectivity index (χ0) is 27.9. The molecule has 1 atom stereocenters. The second kappa shape index (κ2) is 11.8. The quantitative estimate of drug-likeness (QED) is 0.0869. The second-order valence-electron chi connectivity index (χ2n) is 7.54. The zero-order valence-electron chi connectivity index (χ0n) is 20.1. The SMILES string of the molecule is COc1cc(C(Nc2ccc(C(=N)N)cc2)C(=O)NNc2ccccn2)cc(OC)c1OC(=O)C(F)(F)F. The first-order valence-electron chi connectivity index (χ1n) is 10.8. The molecule has 1 unspecified atom stereocenters. The predicted molar refractivity (Wildman–Crippen MR) is 131 cm³/mol. The number of aromatic nitrogens is 1. The summed E-state index contributed by atoms with van der Waals surface area (Å²) < 4.78 is 53.2. The lowest BCUT2D eigenvalue weighted by atomic mass is 10.0. The van der Waals surface area contributed by atoms with Gasteiger partial charge in [0, 0.05) is 17.4 Å². The molecule has 14 heteroatoms. The molecule has 0 aliphatic carbocycles. The Morgan fingerprint density at radius 2 is 1.66 bits per heavy atom. The van der Waals surface area contributed by atoms with Crippen LogP contribution in [0.3, 0.4) is 0 Å². The Kier molecular flexibility index (Phi) is 8.57. The summed E-state index contributed by atoms with van der Waals surface area (Å²) in [4.78, 5) is 28.8. The Morgan fingerprint density at radius 1 is 1.03 bits per heavy atom. The van der Waals surface area contributed by atoms with Gasteiger partial charge in [0.25, 0.3) is 5.91 Å². The minimum absolute atomic E-state index is 0.149. The van der Waals surface area contributed by atoms with Crippen LogP contribution in [0, 0.1) is 5.41 Å². The molecule has 1 aromatic heterocycles. The highest BCUT2D eigenvalue weighted by atomic mass is 19.4. The lowest BCUT2D eigenvalue weighted by Crippen LogP contribution is -2.37. The zero-order valence-corrected chi connectivity index (χ0v) is 20.1. The number of anilines is 2. The summed E-state index contributed by atoms with van der Waals surface area (Å²) in [6, 6.07) is 12.6. The van der Waals surface area contributed by atoms with Crippen LogP contribution in [0.2, 0.25) is 0 Å². The maximum absolute atomic E-state index is 13.3. The maximum Gasteiger partial charge on any atom is 0.491 e. The fourth-order valence-corrected chi connectivity index (χ4v) is 3.17. The summed E-state index contributed by atoms with van der Waals surface area (Å²) in [5, 5.41) is 10.5. The van der Waals surface area contributed by atoms with Gasteiger partial charge in [0.1, 0.15) is 17.7 Å². The number of pyridine rings is 1. The largest absolute Gasteiger partial charge is 0.493 e. The Balaban J connectivity index is 2.00. The van der Waals surface area contributed by atoms with E-state index in [4.69, 9.17) is 20.6 Å². The minimum atomic E-state index is -5.26. The molecule has 0 radical (unpaired) electrons. The van der Waals surface area contributed by atoms with E-state index in [1.807, 2.05) is 0 Å². The highest BCUT2D eigenvalue weighted by molar-refractivity contribution is 5.95. The lowest BCUT2D eigenvalue weighted by molar-refractivity contribution is -0.189. The average molecular weight is 532 g/mol. The first-order chi connectivity index (χ1) is 18.0. The van der Waals surface area contributed by atoms with Gasteiger partial charge in [-0.2, -0.15) is 13.2 Å². The van der Waals surface area contributed by atoms with Crippen molar-refractivity contribution in [2.75, 3.05) is 25.0 Å². The van der Waals surface area contributed by atoms with E-state index in [0.717, 1.165) is 14.2 Å². The van der Waals surface area contributed by atoms with Gasteiger partial charge in [0.2, 0.25) is 5.75 Å². The third-order valence-corrected chi connectivity index (χ3v) is 4.99. The Labute approximate surface area is 214 Å². The van der Waals surface area contributed by atoms with Crippen molar-refractivity contribution in [2.45, 2.75) is 12.2 Å². The van der Waals surface area contributed by atoms with Crippen LogP contribution in [0.1, 0.15) is 17.2 Å². The van der Waals surface area contributed by atoms with Crippen molar-refractivity contribution < 1.29 is 37.0 Å². The lowest BCUT2D eigenvalue weighted by Gasteiger charge is -2.23. The van der Waals surface area contributed by atoms with Gasteiger partial charge in [-0.25, -0.2) is 9.78 Å².